The van der Waals surface area contributed by atoms with Crippen molar-refractivity contribution < 1.29 is 0 Å². The molecule has 0 amide bonds. The van der Waals surface area contributed by atoms with Crippen LogP contribution in [0.15, 0.2) is 36.4 Å². The molecule has 0 unspecified atom stereocenters. The summed E-state index contributed by atoms with van der Waals surface area (Å²) in [5.74, 6) is 0.893. The Balaban J connectivity index is 1.69. The molecule has 4 rings (SSSR count). The Kier molecular flexibility index (Phi) is 3.30. The first-order valence-electron chi connectivity index (χ1n) is 7.72. The largest absolute Gasteiger partial charge is 0.372 e. The third-order valence-electron chi connectivity index (χ3n) is 4.37. The summed E-state index contributed by atoms with van der Waals surface area (Å²) in [6.45, 7) is 4.34. The number of fused-ring (bicyclic) bond motifs is 1. The van der Waals surface area contributed by atoms with E-state index in [4.69, 9.17) is 11.6 Å². The van der Waals surface area contributed by atoms with Gasteiger partial charge in [-0.25, -0.2) is 4.98 Å². The first kappa shape index (κ1) is 13.6. The third kappa shape index (κ3) is 2.35. The van der Waals surface area contributed by atoms with Gasteiger partial charge in [0, 0.05) is 29.4 Å². The fourth-order valence-electron chi connectivity index (χ4n) is 3.08. The summed E-state index contributed by atoms with van der Waals surface area (Å²) in [5, 5.41) is 0.759. The van der Waals surface area contributed by atoms with Crippen LogP contribution in [0.2, 0.25) is 5.02 Å². The zero-order valence-electron chi connectivity index (χ0n) is 12.6. The number of H-pyrrole nitrogens is 1. The maximum atomic E-state index is 6.18. The number of halogens is 1. The smallest absolute Gasteiger partial charge is 0.138 e. The summed E-state index contributed by atoms with van der Waals surface area (Å²) >= 11 is 6.18. The van der Waals surface area contributed by atoms with E-state index in [1.807, 2.05) is 19.1 Å². The maximum absolute atomic E-state index is 6.18. The zero-order valence-corrected chi connectivity index (χ0v) is 13.3. The summed E-state index contributed by atoms with van der Waals surface area (Å²) in [7, 11) is 0. The minimum Gasteiger partial charge on any atom is -0.372 e. The molecule has 3 nitrogen and oxygen atoms in total. The molecule has 1 saturated heterocycles. The van der Waals surface area contributed by atoms with Gasteiger partial charge in [0.2, 0.25) is 0 Å². The van der Waals surface area contributed by atoms with Gasteiger partial charge in [-0.05, 0) is 61.7 Å². The van der Waals surface area contributed by atoms with Crippen molar-refractivity contribution in [2.24, 2.45) is 0 Å². The summed E-state index contributed by atoms with van der Waals surface area (Å²) in [6, 6.07) is 12.6. The topological polar surface area (TPSA) is 31.9 Å². The van der Waals surface area contributed by atoms with Crippen LogP contribution >= 0.6 is 11.6 Å². The quantitative estimate of drug-likeness (QED) is 0.737. The fourth-order valence-corrected chi connectivity index (χ4v) is 3.24. The van der Waals surface area contributed by atoms with Crippen molar-refractivity contribution in [1.82, 2.24) is 9.97 Å². The average molecular weight is 312 g/mol. The third-order valence-corrected chi connectivity index (χ3v) is 4.78. The molecule has 0 atom stereocenters. The van der Waals surface area contributed by atoms with Crippen molar-refractivity contribution in [1.29, 1.82) is 0 Å². The summed E-state index contributed by atoms with van der Waals surface area (Å²) in [6.07, 6.45) is 2.59. The van der Waals surface area contributed by atoms with Crippen molar-refractivity contribution in [2.75, 3.05) is 18.0 Å². The van der Waals surface area contributed by atoms with Gasteiger partial charge in [-0.3, -0.25) is 0 Å². The SMILES string of the molecule is Cc1cc2[nH]c(-c3ccc(N4CCCC4)cc3)nc2cc1Cl. The number of aromatic amines is 1. The molecule has 0 spiro atoms. The average Bonchev–Trinajstić information content (AvgIpc) is 3.17. The molecule has 1 aliphatic rings. The second kappa shape index (κ2) is 5.33. The maximum Gasteiger partial charge on any atom is 0.138 e. The zero-order chi connectivity index (χ0) is 15.1. The molecule has 0 saturated carbocycles. The van der Waals surface area contributed by atoms with Crippen LogP contribution in [0, 0.1) is 6.92 Å². The Morgan fingerprint density at radius 2 is 1.82 bits per heavy atom. The molecule has 4 heteroatoms. The second-order valence-electron chi connectivity index (χ2n) is 5.94. The first-order chi connectivity index (χ1) is 10.7. The second-order valence-corrected chi connectivity index (χ2v) is 6.35. The van der Waals surface area contributed by atoms with Gasteiger partial charge in [0.1, 0.15) is 5.82 Å². The summed E-state index contributed by atoms with van der Waals surface area (Å²) < 4.78 is 0. The number of hydrogen-bond acceptors (Lipinski definition) is 2. The van der Waals surface area contributed by atoms with Gasteiger partial charge in [0.25, 0.3) is 0 Å². The number of hydrogen-bond donors (Lipinski definition) is 1. The Hall–Kier alpha value is -2.00. The molecule has 22 heavy (non-hydrogen) atoms. The van der Waals surface area contributed by atoms with E-state index in [2.05, 4.69) is 39.1 Å². The van der Waals surface area contributed by atoms with Crippen molar-refractivity contribution in [3.63, 3.8) is 0 Å². The van der Waals surface area contributed by atoms with Crippen LogP contribution in [0.25, 0.3) is 22.4 Å². The van der Waals surface area contributed by atoms with Crippen molar-refractivity contribution in [2.45, 2.75) is 19.8 Å². The number of aryl methyl sites for hydroxylation is 1. The number of nitrogens with one attached hydrogen (secondary N) is 1. The minimum atomic E-state index is 0.759. The van der Waals surface area contributed by atoms with E-state index in [-0.39, 0.29) is 0 Å². The van der Waals surface area contributed by atoms with Crippen LogP contribution in [0.4, 0.5) is 5.69 Å². The molecule has 2 aromatic carbocycles. The molecule has 1 N–H and O–H groups in total. The first-order valence-corrected chi connectivity index (χ1v) is 8.10. The summed E-state index contributed by atoms with van der Waals surface area (Å²) in [4.78, 5) is 10.5. The van der Waals surface area contributed by atoms with Gasteiger partial charge in [-0.1, -0.05) is 11.6 Å². The number of benzene rings is 2. The number of aromatic nitrogens is 2. The van der Waals surface area contributed by atoms with E-state index >= 15 is 0 Å². The molecule has 0 bridgehead atoms. The Morgan fingerprint density at radius 1 is 1.09 bits per heavy atom. The van der Waals surface area contributed by atoms with Crippen molar-refractivity contribution in [3.05, 3.63) is 47.0 Å². The van der Waals surface area contributed by atoms with E-state index < -0.39 is 0 Å². The summed E-state index contributed by atoms with van der Waals surface area (Å²) in [5.41, 5.74) is 5.41. The molecule has 1 aliphatic heterocycles. The Labute approximate surface area is 134 Å². The molecular formula is C18H18ClN3. The predicted molar refractivity (Wildman–Crippen MR) is 92.7 cm³/mol. The van der Waals surface area contributed by atoms with Crippen LogP contribution in [0.5, 0.6) is 0 Å². The molecular weight excluding hydrogens is 294 g/mol. The minimum absolute atomic E-state index is 0.759. The highest BCUT2D eigenvalue weighted by molar-refractivity contribution is 6.32. The molecule has 0 radical (unpaired) electrons. The van der Waals surface area contributed by atoms with Gasteiger partial charge in [0.15, 0.2) is 0 Å². The molecule has 1 fully saturated rings. The lowest BCUT2D eigenvalue weighted by atomic mass is 10.2. The number of rotatable bonds is 2. The highest BCUT2D eigenvalue weighted by Crippen LogP contribution is 2.27. The molecule has 112 valence electrons. The number of imidazole rings is 1. The molecule has 1 aromatic heterocycles. The van der Waals surface area contributed by atoms with Gasteiger partial charge in [-0.15, -0.1) is 0 Å². The standard InChI is InChI=1S/C18H18ClN3/c1-12-10-16-17(11-15(12)19)21-18(20-16)13-4-6-14(7-5-13)22-8-2-3-9-22/h4-7,10-11H,2-3,8-9H2,1H3,(H,20,21). The highest BCUT2D eigenvalue weighted by Gasteiger charge is 2.13. The van der Waals surface area contributed by atoms with E-state index in [0.29, 0.717) is 0 Å². The normalized spacial score (nSPS) is 14.9. The van der Waals surface area contributed by atoms with Crippen LogP contribution in [0.3, 0.4) is 0 Å². The van der Waals surface area contributed by atoms with Gasteiger partial charge in [-0.2, -0.15) is 0 Å². The van der Waals surface area contributed by atoms with E-state index in [1.54, 1.807) is 0 Å². The lowest BCUT2D eigenvalue weighted by Crippen LogP contribution is -2.17. The van der Waals surface area contributed by atoms with Gasteiger partial charge < -0.3 is 9.88 Å². The van der Waals surface area contributed by atoms with E-state index in [9.17, 15) is 0 Å². The van der Waals surface area contributed by atoms with Gasteiger partial charge >= 0.3 is 0 Å². The van der Waals surface area contributed by atoms with Crippen molar-refractivity contribution >= 4 is 28.3 Å². The fraction of sp³-hybridized carbons (Fsp3) is 0.278. The van der Waals surface area contributed by atoms with Crippen LogP contribution in [0.1, 0.15) is 18.4 Å². The Morgan fingerprint density at radius 3 is 2.55 bits per heavy atom. The lowest BCUT2D eigenvalue weighted by molar-refractivity contribution is 0.949. The van der Waals surface area contributed by atoms with Crippen molar-refractivity contribution in [3.8, 4) is 11.4 Å². The lowest BCUT2D eigenvalue weighted by Gasteiger charge is -2.17. The molecule has 2 heterocycles. The number of anilines is 1. The monoisotopic (exact) mass is 311 g/mol. The van der Waals surface area contributed by atoms with Crippen LogP contribution < -0.4 is 4.90 Å². The van der Waals surface area contributed by atoms with Gasteiger partial charge in [0.05, 0.1) is 11.0 Å². The van der Waals surface area contributed by atoms with E-state index in [0.717, 1.165) is 33.0 Å². The number of nitrogens with zero attached hydrogens (tertiary/aromatic N) is 2. The van der Waals surface area contributed by atoms with Crippen LogP contribution in [-0.4, -0.2) is 23.1 Å². The van der Waals surface area contributed by atoms with Crippen LogP contribution in [-0.2, 0) is 0 Å². The predicted octanol–water partition coefficient (Wildman–Crippen LogP) is 4.79. The highest BCUT2D eigenvalue weighted by atomic mass is 35.5. The molecule has 0 aliphatic carbocycles. The Bertz CT molecular complexity index is 775. The molecule has 3 aromatic rings. The van der Waals surface area contributed by atoms with E-state index in [1.165, 1.54) is 31.6 Å².